The minimum atomic E-state index is -0.552. The molecule has 9 heteroatoms. The van der Waals surface area contributed by atoms with Crippen molar-refractivity contribution >= 4 is 34.7 Å². The van der Waals surface area contributed by atoms with Crippen molar-refractivity contribution < 1.29 is 14.0 Å². The molecule has 2 aliphatic rings. The highest BCUT2D eigenvalue weighted by Crippen LogP contribution is 2.39. The van der Waals surface area contributed by atoms with Crippen molar-refractivity contribution in [2.45, 2.75) is 38.6 Å². The van der Waals surface area contributed by atoms with Gasteiger partial charge in [-0.1, -0.05) is 49.2 Å². The largest absolute Gasteiger partial charge is 0.330 e. The van der Waals surface area contributed by atoms with Gasteiger partial charge in [-0.15, -0.1) is 0 Å². The van der Waals surface area contributed by atoms with Crippen LogP contribution in [0.1, 0.15) is 49.9 Å². The number of pyridine rings is 1. The second kappa shape index (κ2) is 11.3. The normalized spacial score (nSPS) is 19.5. The molecule has 2 amide bonds. The summed E-state index contributed by atoms with van der Waals surface area (Å²) in [6, 6.07) is 14.6. The zero-order chi connectivity index (χ0) is 28.5. The minimum Gasteiger partial charge on any atom is -0.330 e. The van der Waals surface area contributed by atoms with Crippen molar-refractivity contribution in [3.05, 3.63) is 95.3 Å². The standard InChI is InChI=1S/C32H29ClFN5O2/c1-19-5-4-8-28(27-15-20(11-13-35-27)23-6-2-3-7-26(23)38-32(19)41)39-14-12-21(16-29(39)40)30-24(22-17-36-37-18-22)9-10-25(33)31(30)34/h2-3,6-7,9-11,13,15-19,28H,4-5,8,12,14H2,1H3,(H,36,37)(H,38,41). The van der Waals surface area contributed by atoms with Crippen LogP contribution in [0.3, 0.4) is 0 Å². The fourth-order valence-electron chi connectivity index (χ4n) is 5.77. The van der Waals surface area contributed by atoms with Crippen LogP contribution in [0.2, 0.25) is 5.02 Å². The van der Waals surface area contributed by atoms with E-state index in [9.17, 15) is 9.59 Å². The molecule has 2 bridgehead atoms. The highest BCUT2D eigenvalue weighted by atomic mass is 35.5. The molecule has 2 atom stereocenters. The fourth-order valence-corrected chi connectivity index (χ4v) is 5.93. The number of H-pyrrole nitrogens is 1. The monoisotopic (exact) mass is 569 g/mol. The Bertz CT molecular complexity index is 1650. The van der Waals surface area contributed by atoms with Crippen molar-refractivity contribution in [2.24, 2.45) is 5.92 Å². The number of fused-ring (bicyclic) bond motifs is 4. The van der Waals surface area contributed by atoms with Crippen molar-refractivity contribution in [3.63, 3.8) is 0 Å². The van der Waals surface area contributed by atoms with Crippen molar-refractivity contribution in [1.29, 1.82) is 0 Å². The smallest absolute Gasteiger partial charge is 0.247 e. The minimum absolute atomic E-state index is 0.00166. The van der Waals surface area contributed by atoms with Gasteiger partial charge in [0.25, 0.3) is 0 Å². The van der Waals surface area contributed by atoms with E-state index in [1.165, 1.54) is 12.1 Å². The number of rotatable bonds is 3. The average Bonchev–Trinajstić information content (AvgIpc) is 3.52. The van der Waals surface area contributed by atoms with Gasteiger partial charge >= 0.3 is 0 Å². The number of hydrogen-bond donors (Lipinski definition) is 2. The summed E-state index contributed by atoms with van der Waals surface area (Å²) in [6.45, 7) is 2.32. The molecule has 4 aromatic rings. The molecule has 0 saturated heterocycles. The number of amides is 2. The summed E-state index contributed by atoms with van der Waals surface area (Å²) >= 11 is 6.18. The Hall–Kier alpha value is -4.30. The Morgan fingerprint density at radius 3 is 2.71 bits per heavy atom. The molecular weight excluding hydrogens is 541 g/mol. The quantitative estimate of drug-likeness (QED) is 0.277. The third-order valence-corrected chi connectivity index (χ3v) is 8.28. The number of aromatic amines is 1. The molecule has 2 N–H and O–H groups in total. The van der Waals surface area contributed by atoms with Crippen LogP contribution in [0.15, 0.2) is 73.2 Å². The molecule has 0 spiro atoms. The highest BCUT2D eigenvalue weighted by molar-refractivity contribution is 6.31. The predicted molar refractivity (Wildman–Crippen MR) is 157 cm³/mol. The lowest BCUT2D eigenvalue weighted by atomic mass is 9.90. The molecule has 6 rings (SSSR count). The van der Waals surface area contributed by atoms with E-state index in [1.54, 1.807) is 24.7 Å². The summed E-state index contributed by atoms with van der Waals surface area (Å²) in [6.07, 6.45) is 9.09. The molecule has 2 unspecified atom stereocenters. The van der Waals surface area contributed by atoms with Gasteiger partial charge in [0, 0.05) is 53.3 Å². The van der Waals surface area contributed by atoms with Crippen LogP contribution >= 0.6 is 11.6 Å². The average molecular weight is 570 g/mol. The topological polar surface area (TPSA) is 91.0 Å². The van der Waals surface area contributed by atoms with Gasteiger partial charge in [-0.3, -0.25) is 19.7 Å². The number of anilines is 1. The van der Waals surface area contributed by atoms with Crippen LogP contribution in [0.4, 0.5) is 10.1 Å². The molecule has 0 radical (unpaired) electrons. The number of nitrogens with zero attached hydrogens (tertiary/aromatic N) is 3. The van der Waals surface area contributed by atoms with E-state index in [0.29, 0.717) is 48.1 Å². The molecule has 2 aromatic carbocycles. The van der Waals surface area contributed by atoms with Crippen molar-refractivity contribution in [3.8, 4) is 22.3 Å². The maximum atomic E-state index is 15.4. The first-order valence-electron chi connectivity index (χ1n) is 13.8. The van der Waals surface area contributed by atoms with Gasteiger partial charge in [-0.25, -0.2) is 4.39 Å². The van der Waals surface area contributed by atoms with Gasteiger partial charge < -0.3 is 10.2 Å². The van der Waals surface area contributed by atoms with E-state index in [-0.39, 0.29) is 28.8 Å². The Balaban J connectivity index is 1.38. The Morgan fingerprint density at radius 2 is 1.90 bits per heavy atom. The van der Waals surface area contributed by atoms with E-state index < -0.39 is 5.82 Å². The number of carbonyl (C=O) groups is 2. The summed E-state index contributed by atoms with van der Waals surface area (Å²) in [4.78, 5) is 33.2. The van der Waals surface area contributed by atoms with Crippen molar-refractivity contribution in [2.75, 3.05) is 11.9 Å². The molecule has 0 saturated carbocycles. The van der Waals surface area contributed by atoms with Crippen LogP contribution in [-0.4, -0.2) is 38.4 Å². The maximum Gasteiger partial charge on any atom is 0.247 e. The van der Waals surface area contributed by atoms with E-state index in [0.717, 1.165) is 28.9 Å². The molecule has 0 aliphatic carbocycles. The molecule has 4 heterocycles. The summed E-state index contributed by atoms with van der Waals surface area (Å²) in [5, 5.41) is 9.85. The first-order chi connectivity index (χ1) is 19.9. The second-order valence-electron chi connectivity index (χ2n) is 10.6. The third kappa shape index (κ3) is 5.27. The maximum absolute atomic E-state index is 15.4. The number of carbonyl (C=O) groups excluding carboxylic acids is 2. The van der Waals surface area contributed by atoms with Crippen LogP contribution in [0.5, 0.6) is 0 Å². The summed E-state index contributed by atoms with van der Waals surface area (Å²) < 4.78 is 15.4. The lowest BCUT2D eigenvalue weighted by molar-refractivity contribution is -0.129. The Morgan fingerprint density at radius 1 is 1.05 bits per heavy atom. The van der Waals surface area contributed by atoms with E-state index in [4.69, 9.17) is 16.6 Å². The number of hydrogen-bond acceptors (Lipinski definition) is 4. The zero-order valence-corrected chi connectivity index (χ0v) is 23.3. The molecule has 0 fully saturated rings. The lowest BCUT2D eigenvalue weighted by Gasteiger charge is -2.35. The Labute approximate surface area is 242 Å². The van der Waals surface area contributed by atoms with Crippen LogP contribution in [0, 0.1) is 11.7 Å². The van der Waals surface area contributed by atoms with Gasteiger partial charge in [0.2, 0.25) is 11.8 Å². The van der Waals surface area contributed by atoms with E-state index in [1.807, 2.05) is 48.2 Å². The summed E-state index contributed by atoms with van der Waals surface area (Å²) in [7, 11) is 0. The number of nitrogens with one attached hydrogen (secondary N) is 2. The number of halogens is 2. The molecule has 2 aliphatic heterocycles. The zero-order valence-electron chi connectivity index (χ0n) is 22.5. The van der Waals surface area contributed by atoms with Gasteiger partial charge in [0.15, 0.2) is 0 Å². The lowest BCUT2D eigenvalue weighted by Crippen LogP contribution is -2.38. The van der Waals surface area contributed by atoms with Gasteiger partial charge in [-0.05, 0) is 60.2 Å². The van der Waals surface area contributed by atoms with Crippen LogP contribution < -0.4 is 5.32 Å². The number of aromatic nitrogens is 3. The highest BCUT2D eigenvalue weighted by Gasteiger charge is 2.31. The van der Waals surface area contributed by atoms with Crippen LogP contribution in [-0.2, 0) is 9.59 Å². The third-order valence-electron chi connectivity index (χ3n) is 7.98. The molecule has 208 valence electrons. The first-order valence-corrected chi connectivity index (χ1v) is 14.1. The predicted octanol–water partition coefficient (Wildman–Crippen LogP) is 7.05. The van der Waals surface area contributed by atoms with E-state index >= 15 is 4.39 Å². The molecular formula is C32H29ClFN5O2. The van der Waals surface area contributed by atoms with Crippen LogP contribution in [0.25, 0.3) is 27.8 Å². The second-order valence-corrected chi connectivity index (χ2v) is 11.0. The number of benzene rings is 2. The summed E-state index contributed by atoms with van der Waals surface area (Å²) in [5.74, 6) is -0.976. The molecule has 7 nitrogen and oxygen atoms in total. The fraction of sp³-hybridized carbons (Fsp3) is 0.250. The van der Waals surface area contributed by atoms with Gasteiger partial charge in [-0.2, -0.15) is 5.10 Å². The van der Waals surface area contributed by atoms with Gasteiger partial charge in [0.05, 0.1) is 23.0 Å². The Kier molecular flexibility index (Phi) is 7.41. The molecule has 2 aromatic heterocycles. The van der Waals surface area contributed by atoms with E-state index in [2.05, 4.69) is 15.5 Å². The number of para-hydroxylation sites is 1. The summed E-state index contributed by atoms with van der Waals surface area (Å²) in [5.41, 5.74) is 5.59. The first kappa shape index (κ1) is 26.9. The molecule has 41 heavy (non-hydrogen) atoms. The SMILES string of the molecule is CC1CCCC(N2CCC(c3c(-c4cn[nH]c4)ccc(Cl)c3F)=CC2=O)c2cc(ccn2)-c2ccccc2NC1=O. The van der Waals surface area contributed by atoms with Gasteiger partial charge in [0.1, 0.15) is 5.82 Å². The van der Waals surface area contributed by atoms with Crippen molar-refractivity contribution in [1.82, 2.24) is 20.1 Å².